The van der Waals surface area contributed by atoms with Crippen LogP contribution in [0.15, 0.2) is 39.8 Å². The average molecular weight is 239 g/mol. The van der Waals surface area contributed by atoms with Crippen LogP contribution in [0.2, 0.25) is 0 Å². The lowest BCUT2D eigenvalue weighted by Crippen LogP contribution is -1.93. The van der Waals surface area contributed by atoms with Crippen molar-refractivity contribution in [2.45, 2.75) is 6.61 Å². The van der Waals surface area contributed by atoms with Crippen molar-refractivity contribution >= 4 is 16.2 Å². The first kappa shape index (κ1) is 10.7. The van der Waals surface area contributed by atoms with Crippen molar-refractivity contribution in [1.29, 1.82) is 0 Å². The minimum atomic E-state index is -3.47. The Hall–Kier alpha value is -1.82. The fraction of sp³-hybridized carbons (Fsp3) is 0.100. The van der Waals surface area contributed by atoms with E-state index in [9.17, 15) is 13.5 Å². The molecule has 1 aliphatic heterocycles. The Labute approximate surface area is 92.8 Å². The van der Waals surface area contributed by atoms with E-state index in [2.05, 4.69) is 4.40 Å². The maximum absolute atomic E-state index is 10.9. The molecule has 84 valence electrons. The number of phenolic OH excluding ortho intramolecular Hbond substituents is 1. The van der Waals surface area contributed by atoms with Crippen LogP contribution in [-0.4, -0.2) is 19.7 Å². The van der Waals surface area contributed by atoms with Gasteiger partial charge in [-0.1, -0.05) is 12.1 Å². The Bertz CT molecular complexity index is 560. The van der Waals surface area contributed by atoms with E-state index in [1.54, 1.807) is 24.3 Å². The van der Waals surface area contributed by atoms with Gasteiger partial charge in [0.1, 0.15) is 12.4 Å². The number of aromatic hydroxyl groups is 1. The Balaban J connectivity index is 2.02. The van der Waals surface area contributed by atoms with Crippen molar-refractivity contribution in [3.05, 3.63) is 41.0 Å². The smallest absolute Gasteiger partial charge is 0.279 e. The van der Waals surface area contributed by atoms with Gasteiger partial charge >= 0.3 is 0 Å². The van der Waals surface area contributed by atoms with Crippen LogP contribution in [0.5, 0.6) is 5.75 Å². The number of ether oxygens (including phenoxy) is 1. The molecule has 0 saturated carbocycles. The van der Waals surface area contributed by atoms with Crippen LogP contribution < -0.4 is 0 Å². The number of allylic oxidation sites excluding steroid dienone is 1. The van der Waals surface area contributed by atoms with Crippen molar-refractivity contribution < 1.29 is 18.3 Å². The van der Waals surface area contributed by atoms with Gasteiger partial charge in [0.2, 0.25) is 0 Å². The first-order valence-corrected chi connectivity index (χ1v) is 5.98. The largest absolute Gasteiger partial charge is 0.508 e. The maximum atomic E-state index is 10.9. The molecule has 0 aliphatic carbocycles. The molecule has 1 heterocycles. The van der Waals surface area contributed by atoms with E-state index in [-0.39, 0.29) is 18.1 Å². The summed E-state index contributed by atoms with van der Waals surface area (Å²) >= 11 is 0. The summed E-state index contributed by atoms with van der Waals surface area (Å²) in [5, 5.41) is 10.1. The predicted octanol–water partition coefficient (Wildman–Crippen LogP) is 1.16. The van der Waals surface area contributed by atoms with Gasteiger partial charge in [-0.15, -0.1) is 0 Å². The molecular weight excluding hydrogens is 230 g/mol. The van der Waals surface area contributed by atoms with Gasteiger partial charge < -0.3 is 9.84 Å². The summed E-state index contributed by atoms with van der Waals surface area (Å²) in [6.07, 6.45) is 1.15. The molecule has 1 N–H and O–H groups in total. The SMILES string of the molecule is O=S1(=O)C=C(OCc2cccc(O)c2)C=N1. The van der Waals surface area contributed by atoms with Gasteiger partial charge in [0.25, 0.3) is 10.0 Å². The molecule has 0 aromatic heterocycles. The molecule has 0 unspecified atom stereocenters. The Kier molecular flexibility index (Phi) is 2.66. The number of hydrogen-bond acceptors (Lipinski definition) is 4. The number of sulfonamides is 1. The maximum Gasteiger partial charge on any atom is 0.279 e. The summed E-state index contributed by atoms with van der Waals surface area (Å²) in [7, 11) is -3.47. The molecule has 0 atom stereocenters. The van der Waals surface area contributed by atoms with Gasteiger partial charge in [0.15, 0.2) is 5.76 Å². The molecule has 1 aliphatic rings. The van der Waals surface area contributed by atoms with Crippen molar-refractivity contribution in [2.75, 3.05) is 0 Å². The molecule has 0 radical (unpaired) electrons. The lowest BCUT2D eigenvalue weighted by molar-refractivity contribution is 0.220. The third-order valence-electron chi connectivity index (χ3n) is 1.91. The zero-order chi connectivity index (χ0) is 11.6. The van der Waals surface area contributed by atoms with Crippen molar-refractivity contribution in [3.63, 3.8) is 0 Å². The normalized spacial score (nSPS) is 17.1. The van der Waals surface area contributed by atoms with Crippen LogP contribution in [-0.2, 0) is 21.4 Å². The van der Waals surface area contributed by atoms with E-state index in [0.29, 0.717) is 0 Å². The fourth-order valence-corrected chi connectivity index (χ4v) is 1.95. The van der Waals surface area contributed by atoms with Gasteiger partial charge in [-0.25, -0.2) is 0 Å². The minimum Gasteiger partial charge on any atom is -0.508 e. The summed E-state index contributed by atoms with van der Waals surface area (Å²) in [5.41, 5.74) is 0.749. The Morgan fingerprint density at radius 1 is 1.38 bits per heavy atom. The zero-order valence-electron chi connectivity index (χ0n) is 8.20. The lowest BCUT2D eigenvalue weighted by Gasteiger charge is -2.04. The highest BCUT2D eigenvalue weighted by atomic mass is 32.2. The molecule has 0 fully saturated rings. The van der Waals surface area contributed by atoms with E-state index in [1.165, 1.54) is 0 Å². The van der Waals surface area contributed by atoms with Crippen LogP contribution in [0.1, 0.15) is 5.56 Å². The second-order valence-electron chi connectivity index (χ2n) is 3.23. The summed E-state index contributed by atoms with van der Waals surface area (Å²) in [6.45, 7) is 0.182. The first-order chi connectivity index (χ1) is 7.55. The lowest BCUT2D eigenvalue weighted by atomic mass is 10.2. The molecule has 6 heteroatoms. The molecule has 0 bridgehead atoms. The highest BCUT2D eigenvalue weighted by Gasteiger charge is 2.13. The summed E-state index contributed by atoms with van der Waals surface area (Å²) in [6, 6.07) is 6.54. The Morgan fingerprint density at radius 2 is 2.19 bits per heavy atom. The van der Waals surface area contributed by atoms with Crippen LogP contribution in [0.25, 0.3) is 0 Å². The molecular formula is C10H9NO4S. The third-order valence-corrected chi connectivity index (χ3v) is 2.84. The second-order valence-corrected chi connectivity index (χ2v) is 4.70. The molecule has 2 rings (SSSR count). The van der Waals surface area contributed by atoms with Crippen LogP contribution >= 0.6 is 0 Å². The number of phenols is 1. The highest BCUT2D eigenvalue weighted by molar-refractivity contribution is 7.93. The monoisotopic (exact) mass is 239 g/mol. The number of rotatable bonds is 3. The number of hydrogen-bond donors (Lipinski definition) is 1. The molecule has 0 spiro atoms. The van der Waals surface area contributed by atoms with E-state index >= 15 is 0 Å². The third kappa shape index (κ3) is 2.60. The van der Waals surface area contributed by atoms with Crippen molar-refractivity contribution in [2.24, 2.45) is 4.40 Å². The van der Waals surface area contributed by atoms with E-state index in [0.717, 1.165) is 17.2 Å². The summed E-state index contributed by atoms with van der Waals surface area (Å²) in [5.74, 6) is 0.339. The number of benzene rings is 1. The number of nitrogens with zero attached hydrogens (tertiary/aromatic N) is 1. The first-order valence-electron chi connectivity index (χ1n) is 4.48. The fourth-order valence-electron chi connectivity index (χ4n) is 1.22. The highest BCUT2D eigenvalue weighted by Crippen LogP contribution is 2.15. The standard InChI is InChI=1S/C10H9NO4S/c12-9-3-1-2-8(4-9)6-15-10-5-11-16(13,14)7-10/h1-5,7,12H,6H2. The van der Waals surface area contributed by atoms with Crippen molar-refractivity contribution in [3.8, 4) is 5.75 Å². The van der Waals surface area contributed by atoms with Gasteiger partial charge in [-0.05, 0) is 17.7 Å². The minimum absolute atomic E-state index is 0.141. The van der Waals surface area contributed by atoms with E-state index in [4.69, 9.17) is 4.74 Å². The van der Waals surface area contributed by atoms with Gasteiger partial charge in [-0.2, -0.15) is 12.8 Å². The van der Waals surface area contributed by atoms with Crippen LogP contribution in [0.4, 0.5) is 0 Å². The van der Waals surface area contributed by atoms with Crippen LogP contribution in [0.3, 0.4) is 0 Å². The van der Waals surface area contributed by atoms with Crippen molar-refractivity contribution in [1.82, 2.24) is 0 Å². The summed E-state index contributed by atoms with van der Waals surface area (Å²) < 4.78 is 30.3. The molecule has 16 heavy (non-hydrogen) atoms. The van der Waals surface area contributed by atoms with E-state index < -0.39 is 10.0 Å². The Morgan fingerprint density at radius 3 is 2.81 bits per heavy atom. The molecule has 0 saturated heterocycles. The summed E-state index contributed by atoms with van der Waals surface area (Å²) in [4.78, 5) is 0. The predicted molar refractivity (Wildman–Crippen MR) is 58.4 cm³/mol. The quantitative estimate of drug-likeness (QED) is 0.858. The second kappa shape index (κ2) is 3.97. The van der Waals surface area contributed by atoms with Gasteiger partial charge in [0.05, 0.1) is 11.6 Å². The molecule has 1 aromatic rings. The van der Waals surface area contributed by atoms with Gasteiger partial charge in [0, 0.05) is 0 Å². The van der Waals surface area contributed by atoms with Crippen LogP contribution in [0, 0.1) is 0 Å². The molecule has 1 aromatic carbocycles. The van der Waals surface area contributed by atoms with E-state index in [1.807, 2.05) is 0 Å². The molecule has 0 amide bonds. The molecule has 5 nitrogen and oxygen atoms in total. The zero-order valence-corrected chi connectivity index (χ0v) is 9.02. The van der Waals surface area contributed by atoms with Gasteiger partial charge in [-0.3, -0.25) is 0 Å². The average Bonchev–Trinajstić information content (AvgIpc) is 2.56. The topological polar surface area (TPSA) is 76.0 Å².